The highest BCUT2D eigenvalue weighted by atomic mass is 35.5. The van der Waals surface area contributed by atoms with E-state index in [-0.39, 0.29) is 0 Å². The van der Waals surface area contributed by atoms with Crippen molar-refractivity contribution in [3.05, 3.63) is 0 Å². The lowest BCUT2D eigenvalue weighted by atomic mass is 10.2. The fourth-order valence-electron chi connectivity index (χ4n) is 0.963. The van der Waals surface area contributed by atoms with Crippen LogP contribution in [0.5, 0.6) is 0 Å². The molecule has 0 fully saturated rings. The second kappa shape index (κ2) is 11.7. The van der Waals surface area contributed by atoms with Crippen LogP contribution in [0.15, 0.2) is 0 Å². The largest absolute Gasteiger partial charge is 0.287 e. The average Bonchev–Trinajstić information content (AvgIpc) is 2.18. The predicted octanol–water partition coefficient (Wildman–Crippen LogP) is 3.80. The molecule has 0 N–H and O–H groups in total. The Labute approximate surface area is 101 Å². The maximum atomic E-state index is 11.3. The quantitative estimate of drug-likeness (QED) is 0.460. The highest BCUT2D eigenvalue weighted by Crippen LogP contribution is 2.12. The molecule has 0 rings (SSSR count). The molecule has 0 unspecified atom stereocenters. The van der Waals surface area contributed by atoms with Gasteiger partial charge in [-0.15, -0.1) is 11.6 Å². The van der Waals surface area contributed by atoms with Crippen LogP contribution in [-0.2, 0) is 4.79 Å². The third kappa shape index (κ3) is 10.7. The summed E-state index contributed by atoms with van der Waals surface area (Å²) in [6, 6.07) is 0. The first-order valence-corrected chi connectivity index (χ1v) is 7.78. The number of hydrogen-bond donors (Lipinski definition) is 0. The Hall–Kier alpha value is 0.660. The molecule has 0 aliphatic heterocycles. The molecule has 0 bridgehead atoms. The van der Waals surface area contributed by atoms with Crippen LogP contribution >= 0.6 is 35.1 Å². The third-order valence-corrected chi connectivity index (χ3v) is 4.29. The molecule has 0 aliphatic rings. The molecule has 0 spiro atoms. The Kier molecular flexibility index (Phi) is 12.3. The molecule has 1 nitrogen and oxygen atoms in total. The SMILES string of the molecule is CCCCCC(=O)SCCSCCCl. The molecule has 0 amide bonds. The highest BCUT2D eigenvalue weighted by Gasteiger charge is 2.01. The second-order valence-electron chi connectivity index (χ2n) is 2.98. The number of unbranched alkanes of at least 4 members (excludes halogenated alkanes) is 2. The van der Waals surface area contributed by atoms with Crippen LogP contribution in [0.2, 0.25) is 0 Å². The molecule has 14 heavy (non-hydrogen) atoms. The van der Waals surface area contributed by atoms with Gasteiger partial charge in [-0.25, -0.2) is 0 Å². The Morgan fingerprint density at radius 1 is 1.21 bits per heavy atom. The van der Waals surface area contributed by atoms with E-state index < -0.39 is 0 Å². The Morgan fingerprint density at radius 2 is 2.00 bits per heavy atom. The maximum absolute atomic E-state index is 11.3. The number of alkyl halides is 1. The Bertz CT molecular complexity index is 142. The fourth-order valence-corrected chi connectivity index (χ4v) is 2.92. The lowest BCUT2D eigenvalue weighted by molar-refractivity contribution is -0.111. The van der Waals surface area contributed by atoms with Crippen molar-refractivity contribution in [3.63, 3.8) is 0 Å². The van der Waals surface area contributed by atoms with Crippen molar-refractivity contribution in [1.82, 2.24) is 0 Å². The standard InChI is InChI=1S/C10H19ClOS2/c1-2-3-4-5-10(12)14-9-8-13-7-6-11/h2-9H2,1H3. The number of rotatable bonds is 9. The topological polar surface area (TPSA) is 17.1 Å². The van der Waals surface area contributed by atoms with Gasteiger partial charge in [0.25, 0.3) is 0 Å². The minimum atomic E-state index is 0.352. The molecular formula is C10H19ClOS2. The van der Waals surface area contributed by atoms with Crippen molar-refractivity contribution in [2.45, 2.75) is 32.6 Å². The van der Waals surface area contributed by atoms with Crippen molar-refractivity contribution < 1.29 is 4.79 Å². The van der Waals surface area contributed by atoms with Gasteiger partial charge in [0.2, 0.25) is 0 Å². The second-order valence-corrected chi connectivity index (χ2v) is 5.73. The van der Waals surface area contributed by atoms with Gasteiger partial charge in [-0.05, 0) is 6.42 Å². The molecule has 84 valence electrons. The fraction of sp³-hybridized carbons (Fsp3) is 0.900. The van der Waals surface area contributed by atoms with Gasteiger partial charge in [0.1, 0.15) is 0 Å². The molecule has 0 atom stereocenters. The van der Waals surface area contributed by atoms with Gasteiger partial charge in [0.05, 0.1) is 0 Å². The Morgan fingerprint density at radius 3 is 2.64 bits per heavy atom. The molecule has 0 saturated carbocycles. The lowest BCUT2D eigenvalue weighted by Crippen LogP contribution is -1.95. The van der Waals surface area contributed by atoms with Gasteiger partial charge in [0.15, 0.2) is 5.12 Å². The molecule has 4 heteroatoms. The van der Waals surface area contributed by atoms with Crippen LogP contribution in [-0.4, -0.2) is 28.3 Å². The maximum Gasteiger partial charge on any atom is 0.188 e. The molecule has 0 aliphatic carbocycles. The minimum absolute atomic E-state index is 0.352. The first-order valence-electron chi connectivity index (χ1n) is 5.10. The first-order chi connectivity index (χ1) is 6.81. The molecular weight excluding hydrogens is 236 g/mol. The highest BCUT2D eigenvalue weighted by molar-refractivity contribution is 8.14. The van der Waals surface area contributed by atoms with Crippen molar-refractivity contribution in [3.8, 4) is 0 Å². The van der Waals surface area contributed by atoms with Gasteiger partial charge >= 0.3 is 0 Å². The minimum Gasteiger partial charge on any atom is -0.287 e. The number of halogens is 1. The van der Waals surface area contributed by atoms with E-state index in [0.717, 1.165) is 30.1 Å². The first kappa shape index (κ1) is 14.7. The van der Waals surface area contributed by atoms with Crippen LogP contribution < -0.4 is 0 Å². The number of carbonyl (C=O) groups is 1. The summed E-state index contributed by atoms with van der Waals surface area (Å²) >= 11 is 8.83. The monoisotopic (exact) mass is 254 g/mol. The van der Waals surface area contributed by atoms with Crippen molar-refractivity contribution >= 4 is 40.2 Å². The Balaban J connectivity index is 3.10. The zero-order valence-corrected chi connectivity index (χ0v) is 11.1. The van der Waals surface area contributed by atoms with Crippen molar-refractivity contribution in [1.29, 1.82) is 0 Å². The van der Waals surface area contributed by atoms with Crippen molar-refractivity contribution in [2.24, 2.45) is 0 Å². The molecule has 0 aromatic heterocycles. The van der Waals surface area contributed by atoms with Crippen LogP contribution in [0, 0.1) is 0 Å². The van der Waals surface area contributed by atoms with Crippen LogP contribution in [0.4, 0.5) is 0 Å². The molecule has 0 heterocycles. The van der Waals surface area contributed by atoms with Gasteiger partial charge in [-0.3, -0.25) is 4.79 Å². The summed E-state index contributed by atoms with van der Waals surface area (Å²) in [5.74, 6) is 3.68. The smallest absolute Gasteiger partial charge is 0.188 e. The van der Waals surface area contributed by atoms with Crippen molar-refractivity contribution in [2.75, 3.05) is 23.1 Å². The average molecular weight is 255 g/mol. The summed E-state index contributed by atoms with van der Waals surface area (Å²) in [4.78, 5) is 11.3. The van der Waals surface area contributed by atoms with Gasteiger partial charge in [-0.2, -0.15) is 11.8 Å². The van der Waals surface area contributed by atoms with Gasteiger partial charge in [-0.1, -0.05) is 31.5 Å². The van der Waals surface area contributed by atoms with E-state index >= 15 is 0 Å². The summed E-state index contributed by atoms with van der Waals surface area (Å²) in [6.07, 6.45) is 4.16. The number of thioether (sulfide) groups is 2. The van der Waals surface area contributed by atoms with Crippen LogP contribution in [0.3, 0.4) is 0 Å². The molecule has 0 aromatic rings. The lowest BCUT2D eigenvalue weighted by Gasteiger charge is -2.00. The van der Waals surface area contributed by atoms with Gasteiger partial charge in [0, 0.05) is 29.6 Å². The van der Waals surface area contributed by atoms with Crippen LogP contribution in [0.1, 0.15) is 32.6 Å². The van der Waals surface area contributed by atoms with E-state index in [4.69, 9.17) is 11.6 Å². The van der Waals surface area contributed by atoms with E-state index in [1.165, 1.54) is 24.6 Å². The molecule has 0 radical (unpaired) electrons. The van der Waals surface area contributed by atoms with E-state index in [1.807, 2.05) is 11.8 Å². The summed E-state index contributed by atoms with van der Waals surface area (Å²) in [5.41, 5.74) is 0. The predicted molar refractivity (Wildman–Crippen MR) is 69.7 cm³/mol. The third-order valence-electron chi connectivity index (χ3n) is 1.70. The van der Waals surface area contributed by atoms with E-state index in [0.29, 0.717) is 11.0 Å². The number of hydrogen-bond acceptors (Lipinski definition) is 3. The normalized spacial score (nSPS) is 10.4. The summed E-state index contributed by atoms with van der Waals surface area (Å²) in [5, 5.41) is 0.352. The summed E-state index contributed by atoms with van der Waals surface area (Å²) in [6.45, 7) is 2.15. The summed E-state index contributed by atoms with van der Waals surface area (Å²) < 4.78 is 0. The van der Waals surface area contributed by atoms with E-state index in [2.05, 4.69) is 6.92 Å². The zero-order valence-electron chi connectivity index (χ0n) is 8.76. The van der Waals surface area contributed by atoms with E-state index in [1.54, 1.807) is 0 Å². The molecule has 0 aromatic carbocycles. The zero-order chi connectivity index (χ0) is 10.6. The number of carbonyl (C=O) groups excluding carboxylic acids is 1. The molecule has 0 saturated heterocycles. The van der Waals surface area contributed by atoms with Crippen LogP contribution in [0.25, 0.3) is 0 Å². The van der Waals surface area contributed by atoms with Gasteiger partial charge < -0.3 is 0 Å². The summed E-state index contributed by atoms with van der Waals surface area (Å²) in [7, 11) is 0. The van der Waals surface area contributed by atoms with E-state index in [9.17, 15) is 4.79 Å².